The molecule has 5 heteroatoms. The molecule has 0 aliphatic heterocycles. The monoisotopic (exact) mass is 254 g/mol. The predicted octanol–water partition coefficient (Wildman–Crippen LogP) is 1.58. The van der Waals surface area contributed by atoms with Crippen molar-refractivity contribution in [3.05, 3.63) is 29.6 Å². The van der Waals surface area contributed by atoms with Crippen LogP contribution in [0.2, 0.25) is 0 Å². The zero-order valence-electron chi connectivity index (χ0n) is 10.7. The first-order chi connectivity index (χ1) is 8.52. The van der Waals surface area contributed by atoms with E-state index in [0.717, 1.165) is 0 Å². The van der Waals surface area contributed by atoms with Crippen LogP contribution in [0.15, 0.2) is 18.2 Å². The Morgan fingerprint density at radius 1 is 1.50 bits per heavy atom. The highest BCUT2D eigenvalue weighted by Gasteiger charge is 2.07. The normalized spacial score (nSPS) is 10.5. The Bertz CT molecular complexity index is 408. The van der Waals surface area contributed by atoms with Crippen molar-refractivity contribution in [2.24, 2.45) is 5.73 Å². The van der Waals surface area contributed by atoms with Crippen LogP contribution in [0, 0.1) is 5.82 Å². The summed E-state index contributed by atoms with van der Waals surface area (Å²) in [5.41, 5.74) is 5.94. The third kappa shape index (κ3) is 4.71. The van der Waals surface area contributed by atoms with E-state index in [4.69, 9.17) is 10.5 Å². The second-order valence-corrected chi connectivity index (χ2v) is 4.25. The molecular weight excluding hydrogens is 235 g/mol. The number of halogens is 1. The summed E-state index contributed by atoms with van der Waals surface area (Å²) in [6.07, 6.45) is 0.200. The van der Waals surface area contributed by atoms with E-state index in [0.29, 0.717) is 12.1 Å². The lowest BCUT2D eigenvalue weighted by atomic mass is 10.2. The third-order valence-electron chi connectivity index (χ3n) is 2.22. The lowest BCUT2D eigenvalue weighted by Crippen LogP contribution is -2.25. The van der Waals surface area contributed by atoms with Gasteiger partial charge in [-0.15, -0.1) is 0 Å². The van der Waals surface area contributed by atoms with E-state index in [-0.39, 0.29) is 30.7 Å². The first-order valence-electron chi connectivity index (χ1n) is 5.94. The van der Waals surface area contributed by atoms with E-state index < -0.39 is 5.82 Å². The summed E-state index contributed by atoms with van der Waals surface area (Å²) in [5, 5.41) is 2.66. The van der Waals surface area contributed by atoms with Gasteiger partial charge in [0.25, 0.3) is 0 Å². The van der Waals surface area contributed by atoms with Crippen LogP contribution in [0.4, 0.5) is 4.39 Å². The van der Waals surface area contributed by atoms with Crippen molar-refractivity contribution >= 4 is 5.91 Å². The summed E-state index contributed by atoms with van der Waals surface area (Å²) < 4.78 is 18.9. The van der Waals surface area contributed by atoms with Crippen LogP contribution < -0.4 is 15.8 Å². The zero-order chi connectivity index (χ0) is 13.5. The molecule has 0 radical (unpaired) electrons. The van der Waals surface area contributed by atoms with Crippen molar-refractivity contribution < 1.29 is 13.9 Å². The molecule has 0 fully saturated rings. The molecule has 4 nitrogen and oxygen atoms in total. The van der Waals surface area contributed by atoms with Crippen LogP contribution in [0.5, 0.6) is 5.75 Å². The Hall–Kier alpha value is -1.62. The maximum Gasteiger partial charge on any atom is 0.221 e. The van der Waals surface area contributed by atoms with Crippen molar-refractivity contribution in [1.82, 2.24) is 5.32 Å². The van der Waals surface area contributed by atoms with E-state index in [9.17, 15) is 9.18 Å². The minimum absolute atomic E-state index is 0.0744. The van der Waals surface area contributed by atoms with Crippen LogP contribution in [0.3, 0.4) is 0 Å². The summed E-state index contributed by atoms with van der Waals surface area (Å²) in [6.45, 7) is 4.26. The van der Waals surface area contributed by atoms with Gasteiger partial charge in [-0.05, 0) is 31.5 Å². The second kappa shape index (κ2) is 6.96. The Morgan fingerprint density at radius 3 is 2.78 bits per heavy atom. The predicted molar refractivity (Wildman–Crippen MR) is 67.7 cm³/mol. The number of nitrogens with two attached hydrogens (primary N) is 1. The molecule has 100 valence electrons. The highest BCUT2D eigenvalue weighted by molar-refractivity contribution is 5.76. The SMILES string of the molecule is CC(C)Oc1ccc(CNC(=O)CCN)cc1F. The van der Waals surface area contributed by atoms with Crippen molar-refractivity contribution in [2.45, 2.75) is 32.9 Å². The summed E-state index contributed by atoms with van der Waals surface area (Å²) >= 11 is 0. The number of amides is 1. The number of benzene rings is 1. The van der Waals surface area contributed by atoms with Crippen LogP contribution in [0.25, 0.3) is 0 Å². The van der Waals surface area contributed by atoms with Crippen molar-refractivity contribution in [2.75, 3.05) is 6.54 Å². The van der Waals surface area contributed by atoms with Crippen molar-refractivity contribution in [3.63, 3.8) is 0 Å². The molecule has 0 spiro atoms. The minimum atomic E-state index is -0.422. The maximum absolute atomic E-state index is 13.6. The molecule has 1 rings (SSSR count). The van der Waals surface area contributed by atoms with Gasteiger partial charge in [0.1, 0.15) is 0 Å². The minimum Gasteiger partial charge on any atom is -0.488 e. The quantitative estimate of drug-likeness (QED) is 0.810. The summed E-state index contributed by atoms with van der Waals surface area (Å²) in [4.78, 5) is 11.2. The standard InChI is InChI=1S/C13H19FN2O2/c1-9(2)18-12-4-3-10(7-11(12)14)8-16-13(17)5-6-15/h3-4,7,9H,5-6,8,15H2,1-2H3,(H,16,17). The fraction of sp³-hybridized carbons (Fsp3) is 0.462. The van der Waals surface area contributed by atoms with Crippen LogP contribution in [0.1, 0.15) is 25.8 Å². The molecule has 0 atom stereocenters. The van der Waals surface area contributed by atoms with Gasteiger partial charge in [0.2, 0.25) is 5.91 Å². The first-order valence-corrected chi connectivity index (χ1v) is 5.94. The molecular formula is C13H19FN2O2. The molecule has 0 aromatic heterocycles. The van der Waals surface area contributed by atoms with E-state index >= 15 is 0 Å². The average Bonchev–Trinajstić information content (AvgIpc) is 2.29. The average molecular weight is 254 g/mol. The Morgan fingerprint density at radius 2 is 2.22 bits per heavy atom. The van der Waals surface area contributed by atoms with Crippen LogP contribution in [-0.2, 0) is 11.3 Å². The van der Waals surface area contributed by atoms with E-state index in [1.54, 1.807) is 12.1 Å². The highest BCUT2D eigenvalue weighted by Crippen LogP contribution is 2.19. The lowest BCUT2D eigenvalue weighted by molar-refractivity contribution is -0.121. The molecule has 1 amide bonds. The van der Waals surface area contributed by atoms with Gasteiger partial charge in [0.05, 0.1) is 6.10 Å². The number of rotatable bonds is 6. The number of hydrogen-bond acceptors (Lipinski definition) is 3. The van der Waals surface area contributed by atoms with Gasteiger partial charge >= 0.3 is 0 Å². The topological polar surface area (TPSA) is 64.3 Å². The summed E-state index contributed by atoms with van der Waals surface area (Å²) in [6, 6.07) is 4.66. The number of hydrogen-bond donors (Lipinski definition) is 2. The van der Waals surface area contributed by atoms with E-state index in [1.807, 2.05) is 13.8 Å². The van der Waals surface area contributed by atoms with Gasteiger partial charge in [-0.1, -0.05) is 6.07 Å². The molecule has 0 aliphatic rings. The summed E-state index contributed by atoms with van der Waals surface area (Å²) in [7, 11) is 0. The fourth-order valence-corrected chi connectivity index (χ4v) is 1.42. The van der Waals surface area contributed by atoms with Gasteiger partial charge < -0.3 is 15.8 Å². The first kappa shape index (κ1) is 14.4. The fourth-order valence-electron chi connectivity index (χ4n) is 1.42. The van der Waals surface area contributed by atoms with Gasteiger partial charge in [-0.3, -0.25) is 4.79 Å². The van der Waals surface area contributed by atoms with Gasteiger partial charge in [0.15, 0.2) is 11.6 Å². The zero-order valence-corrected chi connectivity index (χ0v) is 10.7. The molecule has 0 unspecified atom stereocenters. The van der Waals surface area contributed by atoms with Gasteiger partial charge in [-0.2, -0.15) is 0 Å². The molecule has 0 heterocycles. The van der Waals surface area contributed by atoms with Gasteiger partial charge in [-0.25, -0.2) is 4.39 Å². The Labute approximate surface area is 106 Å². The molecule has 18 heavy (non-hydrogen) atoms. The number of nitrogens with one attached hydrogen (secondary N) is 1. The lowest BCUT2D eigenvalue weighted by Gasteiger charge is -2.11. The van der Waals surface area contributed by atoms with Crippen molar-refractivity contribution in [3.8, 4) is 5.75 Å². The molecule has 0 saturated carbocycles. The molecule has 0 aliphatic carbocycles. The number of carbonyl (C=O) groups excluding carboxylic acids is 1. The van der Waals surface area contributed by atoms with E-state index in [2.05, 4.69) is 5.32 Å². The Kier molecular flexibility index (Phi) is 5.58. The highest BCUT2D eigenvalue weighted by atomic mass is 19.1. The smallest absolute Gasteiger partial charge is 0.221 e. The number of carbonyl (C=O) groups is 1. The van der Waals surface area contributed by atoms with Crippen molar-refractivity contribution in [1.29, 1.82) is 0 Å². The largest absolute Gasteiger partial charge is 0.488 e. The molecule has 1 aromatic rings. The maximum atomic E-state index is 13.6. The van der Waals surface area contributed by atoms with Crippen LogP contribution in [-0.4, -0.2) is 18.6 Å². The van der Waals surface area contributed by atoms with Crippen LogP contribution >= 0.6 is 0 Å². The van der Waals surface area contributed by atoms with Gasteiger partial charge in [0, 0.05) is 19.5 Å². The molecule has 0 saturated heterocycles. The number of ether oxygens (including phenoxy) is 1. The van der Waals surface area contributed by atoms with E-state index in [1.165, 1.54) is 6.07 Å². The molecule has 0 bridgehead atoms. The molecule has 1 aromatic carbocycles. The third-order valence-corrected chi connectivity index (χ3v) is 2.22. The second-order valence-electron chi connectivity index (χ2n) is 4.25. The Balaban J connectivity index is 2.58. The summed E-state index contributed by atoms with van der Waals surface area (Å²) in [5.74, 6) is -0.336. The molecule has 3 N–H and O–H groups in total.